The molecule has 0 bridgehead atoms. The van der Waals surface area contributed by atoms with E-state index in [0.717, 1.165) is 18.2 Å². The van der Waals surface area contributed by atoms with Gasteiger partial charge < -0.3 is 10.2 Å². The van der Waals surface area contributed by atoms with Crippen molar-refractivity contribution in [2.24, 2.45) is 5.92 Å². The largest absolute Gasteiger partial charge is 0.370 e. The Balaban J connectivity index is 2.01. The fourth-order valence-electron chi connectivity index (χ4n) is 2.77. The topological polar surface area (TPSA) is 28.2 Å². The van der Waals surface area contributed by atoms with Crippen molar-refractivity contribution < 1.29 is 0 Å². The zero-order chi connectivity index (χ0) is 13.7. The molecule has 1 aliphatic rings. The maximum atomic E-state index is 4.62. The summed E-state index contributed by atoms with van der Waals surface area (Å²) in [6, 6.07) is 4.73. The van der Waals surface area contributed by atoms with Crippen LogP contribution in [0, 0.1) is 5.92 Å². The molecule has 1 fully saturated rings. The van der Waals surface area contributed by atoms with Crippen LogP contribution in [0.2, 0.25) is 0 Å². The number of hydrogen-bond donors (Lipinski definition) is 1. The Labute approximate surface area is 117 Å². The lowest BCUT2D eigenvalue weighted by Crippen LogP contribution is -2.24. The smallest absolute Gasteiger partial charge is 0.0572 e. The van der Waals surface area contributed by atoms with Gasteiger partial charge in [-0.1, -0.05) is 13.8 Å². The lowest BCUT2D eigenvalue weighted by Gasteiger charge is -2.23. The highest BCUT2D eigenvalue weighted by molar-refractivity contribution is 5.44. The molecule has 0 aliphatic carbocycles. The Bertz CT molecular complexity index is 374. The average Bonchev–Trinajstić information content (AvgIpc) is 2.64. The van der Waals surface area contributed by atoms with E-state index in [4.69, 9.17) is 0 Å². The van der Waals surface area contributed by atoms with Crippen molar-refractivity contribution >= 4 is 5.69 Å². The standard InChI is InChI=1S/C16H27N3/c1-4-17-14(3)16-8-7-15(12-18-16)19-10-5-6-13(2)9-11-19/h7-8,12-14,17H,4-6,9-11H2,1-3H3. The van der Waals surface area contributed by atoms with Crippen molar-refractivity contribution in [2.45, 2.75) is 46.1 Å². The number of nitrogens with zero attached hydrogens (tertiary/aromatic N) is 2. The minimum Gasteiger partial charge on any atom is -0.370 e. The number of pyridine rings is 1. The van der Waals surface area contributed by atoms with Crippen LogP contribution in [0.3, 0.4) is 0 Å². The molecule has 1 N–H and O–H groups in total. The van der Waals surface area contributed by atoms with E-state index in [2.05, 4.69) is 48.1 Å². The molecule has 1 aromatic heterocycles. The molecule has 1 aromatic rings. The Hall–Kier alpha value is -1.09. The van der Waals surface area contributed by atoms with E-state index in [0.29, 0.717) is 6.04 Å². The van der Waals surface area contributed by atoms with Gasteiger partial charge >= 0.3 is 0 Å². The highest BCUT2D eigenvalue weighted by Crippen LogP contribution is 2.22. The van der Waals surface area contributed by atoms with Crippen molar-refractivity contribution in [3.05, 3.63) is 24.0 Å². The Morgan fingerprint density at radius 2 is 2.21 bits per heavy atom. The molecule has 0 aromatic carbocycles. The molecule has 3 heteroatoms. The molecule has 1 saturated heterocycles. The van der Waals surface area contributed by atoms with E-state index in [1.165, 1.54) is 38.0 Å². The summed E-state index contributed by atoms with van der Waals surface area (Å²) in [6.45, 7) is 9.99. The quantitative estimate of drug-likeness (QED) is 0.900. The lowest BCUT2D eigenvalue weighted by molar-refractivity contribution is 0.521. The van der Waals surface area contributed by atoms with Crippen LogP contribution in [0.1, 0.15) is 51.8 Å². The molecule has 1 aliphatic heterocycles. The zero-order valence-corrected chi connectivity index (χ0v) is 12.5. The highest BCUT2D eigenvalue weighted by atomic mass is 15.1. The first-order valence-corrected chi connectivity index (χ1v) is 7.65. The van der Waals surface area contributed by atoms with Gasteiger partial charge in [0.2, 0.25) is 0 Å². The third-order valence-corrected chi connectivity index (χ3v) is 4.11. The van der Waals surface area contributed by atoms with Crippen LogP contribution in [0.5, 0.6) is 0 Å². The van der Waals surface area contributed by atoms with Gasteiger partial charge in [0.15, 0.2) is 0 Å². The second kappa shape index (κ2) is 6.90. The number of rotatable bonds is 4. The van der Waals surface area contributed by atoms with Crippen molar-refractivity contribution in [3.8, 4) is 0 Å². The first-order valence-electron chi connectivity index (χ1n) is 7.65. The average molecular weight is 261 g/mol. The number of aromatic nitrogens is 1. The Morgan fingerprint density at radius 1 is 1.37 bits per heavy atom. The summed E-state index contributed by atoms with van der Waals surface area (Å²) in [7, 11) is 0. The van der Waals surface area contributed by atoms with E-state index in [-0.39, 0.29) is 0 Å². The molecule has 19 heavy (non-hydrogen) atoms. The molecule has 2 unspecified atom stereocenters. The molecule has 106 valence electrons. The van der Waals surface area contributed by atoms with Crippen LogP contribution in [0.4, 0.5) is 5.69 Å². The molecule has 3 nitrogen and oxygen atoms in total. The van der Waals surface area contributed by atoms with Crippen LogP contribution in [-0.4, -0.2) is 24.6 Å². The summed E-state index contributed by atoms with van der Waals surface area (Å²) in [4.78, 5) is 7.10. The summed E-state index contributed by atoms with van der Waals surface area (Å²) in [5.74, 6) is 0.867. The summed E-state index contributed by atoms with van der Waals surface area (Å²) < 4.78 is 0. The van der Waals surface area contributed by atoms with E-state index in [1.807, 2.05) is 6.20 Å². The van der Waals surface area contributed by atoms with Crippen molar-refractivity contribution in [1.29, 1.82) is 0 Å². The van der Waals surface area contributed by atoms with Gasteiger partial charge in [0.25, 0.3) is 0 Å². The summed E-state index contributed by atoms with van der Waals surface area (Å²) in [5, 5.41) is 3.40. The first kappa shape index (κ1) is 14.3. The van der Waals surface area contributed by atoms with E-state index < -0.39 is 0 Å². The highest BCUT2D eigenvalue weighted by Gasteiger charge is 2.14. The van der Waals surface area contributed by atoms with Gasteiger partial charge in [0.05, 0.1) is 17.6 Å². The fraction of sp³-hybridized carbons (Fsp3) is 0.688. The number of hydrogen-bond acceptors (Lipinski definition) is 3. The van der Waals surface area contributed by atoms with E-state index >= 15 is 0 Å². The SMILES string of the molecule is CCNC(C)c1ccc(N2CCCC(C)CC2)cn1. The lowest BCUT2D eigenvalue weighted by atomic mass is 10.0. The summed E-state index contributed by atoms with van der Waals surface area (Å²) >= 11 is 0. The van der Waals surface area contributed by atoms with Crippen LogP contribution < -0.4 is 10.2 Å². The third-order valence-electron chi connectivity index (χ3n) is 4.11. The van der Waals surface area contributed by atoms with Gasteiger partial charge in [0, 0.05) is 19.1 Å². The van der Waals surface area contributed by atoms with Crippen LogP contribution in [-0.2, 0) is 0 Å². The van der Waals surface area contributed by atoms with Gasteiger partial charge in [-0.2, -0.15) is 0 Å². The molecule has 0 amide bonds. The van der Waals surface area contributed by atoms with E-state index in [1.54, 1.807) is 0 Å². The van der Waals surface area contributed by atoms with Gasteiger partial charge in [-0.05, 0) is 50.8 Å². The van der Waals surface area contributed by atoms with Crippen LogP contribution >= 0.6 is 0 Å². The predicted molar refractivity (Wildman–Crippen MR) is 81.6 cm³/mol. The molecular formula is C16H27N3. The van der Waals surface area contributed by atoms with Gasteiger partial charge in [-0.15, -0.1) is 0 Å². The first-order chi connectivity index (χ1) is 9.20. The van der Waals surface area contributed by atoms with E-state index in [9.17, 15) is 0 Å². The molecule has 0 radical (unpaired) electrons. The van der Waals surface area contributed by atoms with Gasteiger partial charge in [-0.3, -0.25) is 4.98 Å². The maximum absolute atomic E-state index is 4.62. The predicted octanol–water partition coefficient (Wildman–Crippen LogP) is 3.38. The summed E-state index contributed by atoms with van der Waals surface area (Å²) in [5.41, 5.74) is 2.41. The Morgan fingerprint density at radius 3 is 2.89 bits per heavy atom. The molecule has 2 rings (SSSR count). The maximum Gasteiger partial charge on any atom is 0.0572 e. The second-order valence-corrected chi connectivity index (χ2v) is 5.74. The summed E-state index contributed by atoms with van der Waals surface area (Å²) in [6.07, 6.45) is 6.00. The van der Waals surface area contributed by atoms with Gasteiger partial charge in [0.1, 0.15) is 0 Å². The minimum atomic E-state index is 0.336. The number of nitrogens with one attached hydrogen (secondary N) is 1. The number of anilines is 1. The Kier molecular flexibility index (Phi) is 5.20. The fourth-order valence-corrected chi connectivity index (χ4v) is 2.77. The van der Waals surface area contributed by atoms with Crippen molar-refractivity contribution in [2.75, 3.05) is 24.5 Å². The van der Waals surface area contributed by atoms with Crippen molar-refractivity contribution in [1.82, 2.24) is 10.3 Å². The molecular weight excluding hydrogens is 234 g/mol. The monoisotopic (exact) mass is 261 g/mol. The third kappa shape index (κ3) is 3.93. The second-order valence-electron chi connectivity index (χ2n) is 5.74. The molecule has 0 saturated carbocycles. The van der Waals surface area contributed by atoms with Crippen LogP contribution in [0.15, 0.2) is 18.3 Å². The molecule has 2 atom stereocenters. The molecule has 2 heterocycles. The molecule has 0 spiro atoms. The van der Waals surface area contributed by atoms with Crippen LogP contribution in [0.25, 0.3) is 0 Å². The van der Waals surface area contributed by atoms with Gasteiger partial charge in [-0.25, -0.2) is 0 Å². The minimum absolute atomic E-state index is 0.336. The normalized spacial score (nSPS) is 22.1. The zero-order valence-electron chi connectivity index (χ0n) is 12.5. The van der Waals surface area contributed by atoms with Crippen molar-refractivity contribution in [3.63, 3.8) is 0 Å².